The molecule has 2 aromatic heterocycles. The maximum Gasteiger partial charge on any atom is 0.338 e. The van der Waals surface area contributed by atoms with E-state index < -0.39 is 34.9 Å². The molecule has 186 valence electrons. The molecule has 36 heavy (non-hydrogen) atoms. The molecule has 1 saturated carbocycles. The van der Waals surface area contributed by atoms with E-state index in [9.17, 15) is 33.2 Å². The van der Waals surface area contributed by atoms with Crippen molar-refractivity contribution in [2.45, 2.75) is 32.2 Å². The van der Waals surface area contributed by atoms with E-state index in [1.807, 2.05) is 6.07 Å². The fourth-order valence-electron chi connectivity index (χ4n) is 5.30. The Kier molecular flexibility index (Phi) is 5.41. The van der Waals surface area contributed by atoms with Crippen molar-refractivity contribution in [3.63, 3.8) is 0 Å². The van der Waals surface area contributed by atoms with Gasteiger partial charge in [0.05, 0.1) is 16.7 Å². The number of aryl methyl sites for hydroxylation is 1. The van der Waals surface area contributed by atoms with Crippen LogP contribution in [0.4, 0.5) is 19.0 Å². The summed E-state index contributed by atoms with van der Waals surface area (Å²) in [4.78, 5) is 29.0. The van der Waals surface area contributed by atoms with Crippen molar-refractivity contribution in [1.29, 1.82) is 5.26 Å². The van der Waals surface area contributed by atoms with Crippen molar-refractivity contribution in [3.05, 3.63) is 79.1 Å². The molecule has 3 aromatic rings. The van der Waals surface area contributed by atoms with Crippen LogP contribution in [-0.2, 0) is 6.54 Å². The van der Waals surface area contributed by atoms with Crippen molar-refractivity contribution < 1.29 is 17.9 Å². The predicted octanol–water partition coefficient (Wildman–Crippen LogP) is 3.16. The Balaban J connectivity index is 1.78. The number of hydrogen-bond acceptors (Lipinski definition) is 5. The van der Waals surface area contributed by atoms with Crippen LogP contribution in [0.1, 0.15) is 18.4 Å². The lowest BCUT2D eigenvalue weighted by atomic mass is 9.61. The zero-order valence-corrected chi connectivity index (χ0v) is 19.7. The summed E-state index contributed by atoms with van der Waals surface area (Å²) in [6, 6.07) is 6.95. The second-order valence-corrected chi connectivity index (χ2v) is 9.90. The summed E-state index contributed by atoms with van der Waals surface area (Å²) >= 11 is 5.99. The van der Waals surface area contributed by atoms with Gasteiger partial charge in [-0.05, 0) is 30.7 Å². The number of pyridine rings is 1. The molecule has 1 aliphatic carbocycles. The van der Waals surface area contributed by atoms with Crippen LogP contribution in [0.5, 0.6) is 0 Å². The van der Waals surface area contributed by atoms with Gasteiger partial charge in [-0.3, -0.25) is 9.36 Å². The van der Waals surface area contributed by atoms with E-state index in [-0.39, 0.29) is 53.6 Å². The summed E-state index contributed by atoms with van der Waals surface area (Å²) in [5, 5.41) is 21.3. The molecule has 1 aliphatic heterocycles. The summed E-state index contributed by atoms with van der Waals surface area (Å²) in [6.07, 6.45) is 1.69. The third-order valence-corrected chi connectivity index (χ3v) is 6.89. The summed E-state index contributed by atoms with van der Waals surface area (Å²) in [5.41, 5.74) is -1.78. The van der Waals surface area contributed by atoms with Crippen LogP contribution in [0.2, 0.25) is 5.02 Å². The molecule has 2 fully saturated rings. The third kappa shape index (κ3) is 3.82. The van der Waals surface area contributed by atoms with Gasteiger partial charge < -0.3 is 10.1 Å². The molecule has 1 spiro atoms. The largest absolute Gasteiger partial charge is 0.619 e. The molecule has 0 radical (unpaired) electrons. The number of alkyl halides is 2. The molecule has 0 bridgehead atoms. The van der Waals surface area contributed by atoms with Crippen LogP contribution in [0.25, 0.3) is 16.8 Å². The van der Waals surface area contributed by atoms with Crippen LogP contribution in [-0.4, -0.2) is 28.1 Å². The molecule has 0 atom stereocenters. The monoisotopic (exact) mass is 517 g/mol. The lowest BCUT2D eigenvalue weighted by molar-refractivity contribution is -0.605. The highest BCUT2D eigenvalue weighted by Gasteiger charge is 2.62. The first-order valence-corrected chi connectivity index (χ1v) is 11.4. The Morgan fingerprint density at radius 2 is 1.89 bits per heavy atom. The van der Waals surface area contributed by atoms with Gasteiger partial charge in [0, 0.05) is 36.9 Å². The number of benzene rings is 1. The van der Waals surface area contributed by atoms with E-state index in [2.05, 4.69) is 0 Å². The van der Waals surface area contributed by atoms with E-state index in [0.29, 0.717) is 10.3 Å². The third-order valence-electron chi connectivity index (χ3n) is 6.60. The molecule has 12 heteroatoms. The molecule has 0 N–H and O–H groups in total. The number of nitriles is 1. The van der Waals surface area contributed by atoms with Crippen LogP contribution in [0.3, 0.4) is 0 Å². The van der Waals surface area contributed by atoms with Crippen molar-refractivity contribution in [2.75, 3.05) is 18.0 Å². The van der Waals surface area contributed by atoms with Gasteiger partial charge in [0.15, 0.2) is 6.20 Å². The lowest BCUT2D eigenvalue weighted by Crippen LogP contribution is -2.67. The SMILES string of the molecule is Cc1cc(-n2c(=O)c(-c3ccc(F)c(Cl)c3)c(N3CC4(C3)CC(F)(F)C4)n(CC#N)c2=O)c[n+]([O-])c1. The van der Waals surface area contributed by atoms with Crippen molar-refractivity contribution in [2.24, 2.45) is 5.41 Å². The molecule has 8 nitrogen and oxygen atoms in total. The summed E-state index contributed by atoms with van der Waals surface area (Å²) < 4.78 is 43.4. The summed E-state index contributed by atoms with van der Waals surface area (Å²) in [7, 11) is 0. The fourth-order valence-corrected chi connectivity index (χ4v) is 5.48. The molecule has 0 unspecified atom stereocenters. The normalized spacial score (nSPS) is 17.4. The van der Waals surface area contributed by atoms with Gasteiger partial charge in [-0.1, -0.05) is 17.7 Å². The molecule has 1 saturated heterocycles. The van der Waals surface area contributed by atoms with E-state index >= 15 is 0 Å². The number of nitrogens with zero attached hydrogens (tertiary/aromatic N) is 5. The zero-order chi connectivity index (χ0) is 26.0. The molecule has 0 amide bonds. The highest BCUT2D eigenvalue weighted by atomic mass is 35.5. The molecule has 1 aromatic carbocycles. The van der Waals surface area contributed by atoms with Crippen molar-refractivity contribution >= 4 is 17.4 Å². The molecule has 3 heterocycles. The maximum absolute atomic E-state index is 13.9. The van der Waals surface area contributed by atoms with E-state index in [1.54, 1.807) is 11.8 Å². The minimum absolute atomic E-state index is 0.0218. The maximum atomic E-state index is 13.9. The second-order valence-electron chi connectivity index (χ2n) is 9.49. The number of aromatic nitrogens is 3. The first-order chi connectivity index (χ1) is 16.9. The smallest absolute Gasteiger partial charge is 0.338 e. The van der Waals surface area contributed by atoms with Gasteiger partial charge in [0.2, 0.25) is 12.1 Å². The van der Waals surface area contributed by atoms with Gasteiger partial charge >= 0.3 is 5.69 Å². The van der Waals surface area contributed by atoms with Crippen LogP contribution >= 0.6 is 11.6 Å². The van der Waals surface area contributed by atoms with Crippen molar-refractivity contribution in [1.82, 2.24) is 9.13 Å². The first-order valence-electron chi connectivity index (χ1n) is 11.0. The molecule has 5 rings (SSSR count). The van der Waals surface area contributed by atoms with Gasteiger partial charge in [-0.25, -0.2) is 22.5 Å². The average molecular weight is 518 g/mol. The highest BCUT2D eigenvalue weighted by molar-refractivity contribution is 6.31. The fraction of sp³-hybridized carbons (Fsp3) is 0.333. The average Bonchev–Trinajstić information content (AvgIpc) is 2.73. The number of halogens is 4. The Morgan fingerprint density at radius 1 is 1.19 bits per heavy atom. The molecule has 2 aliphatic rings. The minimum atomic E-state index is -2.76. The van der Waals surface area contributed by atoms with E-state index in [1.165, 1.54) is 24.4 Å². The number of hydrogen-bond donors (Lipinski definition) is 0. The van der Waals surface area contributed by atoms with Gasteiger partial charge in [0.25, 0.3) is 5.56 Å². The lowest BCUT2D eigenvalue weighted by Gasteiger charge is -2.59. The van der Waals surface area contributed by atoms with E-state index in [0.717, 1.165) is 21.4 Å². The molecular formula is C24H19ClF3N5O3. The standard InChI is InChI=1S/C24H19ClF3N5O3/c1-14-6-16(9-31(36)8-14)33-21(34)19(15-2-3-18(26)17(25)7-15)20(32(5-4-29)22(33)35)30-12-23(13-30)10-24(27,28)11-23/h2-3,6-9H,5,10-13H2,1H3. The summed E-state index contributed by atoms with van der Waals surface area (Å²) in [6.45, 7) is 1.46. The van der Waals surface area contributed by atoms with Crippen LogP contribution < -0.4 is 20.9 Å². The Morgan fingerprint density at radius 3 is 2.47 bits per heavy atom. The highest BCUT2D eigenvalue weighted by Crippen LogP contribution is 2.57. The van der Waals surface area contributed by atoms with Gasteiger partial charge in [0.1, 0.15) is 23.9 Å². The number of rotatable bonds is 4. The van der Waals surface area contributed by atoms with E-state index in [4.69, 9.17) is 11.6 Å². The Bertz CT molecular complexity index is 1540. The topological polar surface area (TPSA) is 98.0 Å². The predicted molar refractivity (Wildman–Crippen MR) is 125 cm³/mol. The minimum Gasteiger partial charge on any atom is -0.619 e. The summed E-state index contributed by atoms with van der Waals surface area (Å²) in [5.74, 6) is -3.42. The Labute approximate surface area is 207 Å². The molecular weight excluding hydrogens is 499 g/mol. The van der Waals surface area contributed by atoms with Gasteiger partial charge in [-0.15, -0.1) is 0 Å². The number of anilines is 1. The zero-order valence-electron chi connectivity index (χ0n) is 19.0. The van der Waals surface area contributed by atoms with Gasteiger partial charge in [-0.2, -0.15) is 9.99 Å². The second kappa shape index (κ2) is 8.13. The van der Waals surface area contributed by atoms with Crippen molar-refractivity contribution in [3.8, 4) is 22.9 Å². The quantitative estimate of drug-likeness (QED) is 0.391. The van der Waals surface area contributed by atoms with Crippen LogP contribution in [0.15, 0.2) is 46.2 Å². The van der Waals surface area contributed by atoms with Crippen LogP contribution in [0, 0.1) is 34.7 Å². The Hall–Kier alpha value is -3.78. The first kappa shape index (κ1) is 23.9.